The van der Waals surface area contributed by atoms with Crippen LogP contribution in [0.1, 0.15) is 17.4 Å². The van der Waals surface area contributed by atoms with Gasteiger partial charge in [0.05, 0.1) is 5.69 Å². The molecule has 1 aromatic heterocycles. The molecular weight excluding hydrogens is 224 g/mol. The minimum Gasteiger partial charge on any atom is -0.296 e. The van der Waals surface area contributed by atoms with Crippen LogP contribution >= 0.6 is 11.6 Å². The zero-order chi connectivity index (χ0) is 11.5. The molecule has 2 aromatic rings. The Labute approximate surface area is 98.7 Å². The van der Waals surface area contributed by atoms with Crippen molar-refractivity contribution >= 4 is 17.9 Å². The van der Waals surface area contributed by atoms with Crippen LogP contribution in [0, 0.1) is 0 Å². The van der Waals surface area contributed by atoms with Crippen molar-refractivity contribution in [1.82, 2.24) is 9.78 Å². The van der Waals surface area contributed by atoms with E-state index in [2.05, 4.69) is 5.10 Å². The molecular formula is C12H11ClN2O. The molecule has 0 fully saturated rings. The molecule has 3 nitrogen and oxygen atoms in total. The molecule has 0 amide bonds. The predicted molar refractivity (Wildman–Crippen MR) is 63.7 cm³/mol. The van der Waals surface area contributed by atoms with Crippen molar-refractivity contribution in [1.29, 1.82) is 0 Å². The van der Waals surface area contributed by atoms with E-state index in [4.69, 9.17) is 11.6 Å². The van der Waals surface area contributed by atoms with Gasteiger partial charge in [0.1, 0.15) is 5.69 Å². The highest BCUT2D eigenvalue weighted by Crippen LogP contribution is 2.22. The molecule has 1 aromatic carbocycles. The summed E-state index contributed by atoms with van der Waals surface area (Å²) < 4.78 is 1.80. The fourth-order valence-corrected chi connectivity index (χ4v) is 1.71. The largest absolute Gasteiger partial charge is 0.296 e. The van der Waals surface area contributed by atoms with Gasteiger partial charge < -0.3 is 0 Å². The highest BCUT2D eigenvalue weighted by atomic mass is 35.5. The Balaban J connectivity index is 2.49. The maximum Gasteiger partial charge on any atom is 0.170 e. The maximum atomic E-state index is 10.7. The molecule has 0 saturated carbocycles. The quantitative estimate of drug-likeness (QED) is 0.766. The number of hydrogen-bond donors (Lipinski definition) is 0. The first-order chi connectivity index (χ1) is 7.74. The SMILES string of the molecule is CCn1nc(C=O)cc1-c1ccc(Cl)cc1. The van der Waals surface area contributed by atoms with Gasteiger partial charge in [0.25, 0.3) is 0 Å². The van der Waals surface area contributed by atoms with E-state index in [1.165, 1.54) is 0 Å². The number of aryl methyl sites for hydroxylation is 1. The number of aldehydes is 1. The average molecular weight is 235 g/mol. The van der Waals surface area contributed by atoms with Crippen LogP contribution in [0.4, 0.5) is 0 Å². The Morgan fingerprint density at radius 2 is 2.06 bits per heavy atom. The molecule has 1 heterocycles. The van der Waals surface area contributed by atoms with E-state index in [-0.39, 0.29) is 0 Å². The molecule has 0 radical (unpaired) electrons. The summed E-state index contributed by atoms with van der Waals surface area (Å²) in [5, 5.41) is 4.86. The molecule has 0 atom stereocenters. The Morgan fingerprint density at radius 3 is 2.62 bits per heavy atom. The first-order valence-corrected chi connectivity index (χ1v) is 5.41. The third kappa shape index (κ3) is 1.99. The van der Waals surface area contributed by atoms with Crippen LogP contribution in [0.3, 0.4) is 0 Å². The normalized spacial score (nSPS) is 10.4. The van der Waals surface area contributed by atoms with Gasteiger partial charge in [-0.05, 0) is 30.7 Å². The minimum absolute atomic E-state index is 0.451. The molecule has 2 rings (SSSR count). The molecule has 0 aliphatic carbocycles. The van der Waals surface area contributed by atoms with E-state index < -0.39 is 0 Å². The van der Waals surface area contributed by atoms with Crippen molar-refractivity contribution in [3.63, 3.8) is 0 Å². The van der Waals surface area contributed by atoms with Gasteiger partial charge in [-0.15, -0.1) is 0 Å². The Morgan fingerprint density at radius 1 is 1.38 bits per heavy atom. The van der Waals surface area contributed by atoms with E-state index >= 15 is 0 Å². The number of aromatic nitrogens is 2. The standard InChI is InChI=1S/C12H11ClN2O/c1-2-15-12(7-11(8-16)14-15)9-3-5-10(13)6-4-9/h3-8H,2H2,1H3. The zero-order valence-corrected chi connectivity index (χ0v) is 9.61. The first-order valence-electron chi connectivity index (χ1n) is 5.03. The molecule has 0 saturated heterocycles. The fourth-order valence-electron chi connectivity index (χ4n) is 1.59. The van der Waals surface area contributed by atoms with E-state index in [9.17, 15) is 4.79 Å². The molecule has 16 heavy (non-hydrogen) atoms. The summed E-state index contributed by atoms with van der Waals surface area (Å²) in [4.78, 5) is 10.7. The topological polar surface area (TPSA) is 34.9 Å². The van der Waals surface area contributed by atoms with Crippen LogP contribution in [0.5, 0.6) is 0 Å². The number of carbonyl (C=O) groups is 1. The average Bonchev–Trinajstić information content (AvgIpc) is 2.73. The highest BCUT2D eigenvalue weighted by molar-refractivity contribution is 6.30. The molecule has 0 aliphatic heterocycles. The summed E-state index contributed by atoms with van der Waals surface area (Å²) >= 11 is 5.83. The number of rotatable bonds is 3. The van der Waals surface area contributed by atoms with Crippen LogP contribution < -0.4 is 0 Å². The lowest BCUT2D eigenvalue weighted by Crippen LogP contribution is -1.99. The Kier molecular flexibility index (Phi) is 3.06. The van der Waals surface area contributed by atoms with Gasteiger partial charge in [-0.1, -0.05) is 23.7 Å². The summed E-state index contributed by atoms with van der Waals surface area (Å²) in [5.74, 6) is 0. The van der Waals surface area contributed by atoms with E-state index in [1.807, 2.05) is 31.2 Å². The van der Waals surface area contributed by atoms with Crippen LogP contribution in [0.25, 0.3) is 11.3 Å². The molecule has 0 unspecified atom stereocenters. The van der Waals surface area contributed by atoms with Crippen molar-refractivity contribution in [3.8, 4) is 11.3 Å². The second-order valence-corrected chi connectivity index (χ2v) is 3.83. The second-order valence-electron chi connectivity index (χ2n) is 3.39. The summed E-state index contributed by atoms with van der Waals surface area (Å²) in [6.45, 7) is 2.72. The first kappa shape index (κ1) is 10.9. The third-order valence-corrected chi connectivity index (χ3v) is 2.61. The number of nitrogens with zero attached hydrogens (tertiary/aromatic N) is 2. The lowest BCUT2D eigenvalue weighted by Gasteiger charge is -2.04. The van der Waals surface area contributed by atoms with Gasteiger partial charge in [-0.3, -0.25) is 9.48 Å². The Bertz CT molecular complexity index is 502. The predicted octanol–water partition coefficient (Wildman–Crippen LogP) is 3.04. The smallest absolute Gasteiger partial charge is 0.170 e. The van der Waals surface area contributed by atoms with Gasteiger partial charge in [-0.2, -0.15) is 5.10 Å². The fraction of sp³-hybridized carbons (Fsp3) is 0.167. The summed E-state index contributed by atoms with van der Waals surface area (Å²) in [5.41, 5.74) is 2.39. The van der Waals surface area contributed by atoms with E-state index in [1.54, 1.807) is 10.7 Å². The lowest BCUT2D eigenvalue weighted by atomic mass is 10.1. The molecule has 4 heteroatoms. The molecule has 0 aliphatic rings. The number of hydrogen-bond acceptors (Lipinski definition) is 2. The van der Waals surface area contributed by atoms with E-state index in [0.717, 1.165) is 24.1 Å². The molecule has 0 bridgehead atoms. The monoisotopic (exact) mass is 234 g/mol. The van der Waals surface area contributed by atoms with Gasteiger partial charge in [-0.25, -0.2) is 0 Å². The lowest BCUT2D eigenvalue weighted by molar-refractivity contribution is 0.111. The Hall–Kier alpha value is -1.61. The molecule has 0 spiro atoms. The van der Waals surface area contributed by atoms with Crippen molar-refractivity contribution in [2.45, 2.75) is 13.5 Å². The van der Waals surface area contributed by atoms with Gasteiger partial charge >= 0.3 is 0 Å². The number of benzene rings is 1. The van der Waals surface area contributed by atoms with Crippen molar-refractivity contribution in [2.24, 2.45) is 0 Å². The van der Waals surface area contributed by atoms with Gasteiger partial charge in [0.15, 0.2) is 6.29 Å². The molecule has 82 valence electrons. The van der Waals surface area contributed by atoms with Crippen LogP contribution in [-0.2, 0) is 6.54 Å². The van der Waals surface area contributed by atoms with Crippen molar-refractivity contribution in [3.05, 3.63) is 41.0 Å². The number of carbonyl (C=O) groups excluding carboxylic acids is 1. The van der Waals surface area contributed by atoms with Crippen LogP contribution in [0.2, 0.25) is 5.02 Å². The zero-order valence-electron chi connectivity index (χ0n) is 8.85. The van der Waals surface area contributed by atoms with Gasteiger partial charge in [0.2, 0.25) is 0 Å². The minimum atomic E-state index is 0.451. The maximum absolute atomic E-state index is 10.7. The van der Waals surface area contributed by atoms with Crippen LogP contribution in [0.15, 0.2) is 30.3 Å². The number of halogens is 1. The summed E-state index contributed by atoms with van der Waals surface area (Å²) in [6.07, 6.45) is 0.756. The highest BCUT2D eigenvalue weighted by Gasteiger charge is 2.07. The van der Waals surface area contributed by atoms with Crippen molar-refractivity contribution in [2.75, 3.05) is 0 Å². The summed E-state index contributed by atoms with van der Waals surface area (Å²) in [7, 11) is 0. The van der Waals surface area contributed by atoms with Gasteiger partial charge in [0, 0.05) is 11.6 Å². The molecule has 0 N–H and O–H groups in total. The van der Waals surface area contributed by atoms with Crippen LogP contribution in [-0.4, -0.2) is 16.1 Å². The third-order valence-electron chi connectivity index (χ3n) is 2.36. The van der Waals surface area contributed by atoms with E-state index in [0.29, 0.717) is 10.7 Å². The second kappa shape index (κ2) is 4.49. The summed E-state index contributed by atoms with van der Waals surface area (Å²) in [6, 6.07) is 9.26. The van der Waals surface area contributed by atoms with Crippen molar-refractivity contribution < 1.29 is 4.79 Å².